The zero-order valence-electron chi connectivity index (χ0n) is 11.9. The molecule has 4 nitrogen and oxygen atoms in total. The van der Waals surface area contributed by atoms with E-state index in [-0.39, 0.29) is 17.7 Å². The summed E-state index contributed by atoms with van der Waals surface area (Å²) in [6.07, 6.45) is 0. The molecule has 0 aromatic heterocycles. The molecule has 2 aromatic rings. The second-order valence-electron chi connectivity index (χ2n) is 4.76. The molecule has 0 fully saturated rings. The molecule has 2 rings (SSSR count). The molecule has 110 valence electrons. The van der Waals surface area contributed by atoms with E-state index in [1.807, 2.05) is 0 Å². The Bertz CT molecular complexity index is 656. The third-order valence-corrected chi connectivity index (χ3v) is 2.90. The Balaban J connectivity index is 2.28. The molecule has 0 aliphatic heterocycles. The molecule has 0 unspecified atom stereocenters. The predicted octanol–water partition coefficient (Wildman–Crippen LogP) is 3.60. The molecule has 1 atom stereocenters. The van der Waals surface area contributed by atoms with Gasteiger partial charge in [-0.05, 0) is 36.8 Å². The van der Waals surface area contributed by atoms with Gasteiger partial charge in [-0.3, -0.25) is 4.79 Å². The van der Waals surface area contributed by atoms with Gasteiger partial charge in [-0.25, -0.2) is 4.39 Å². The van der Waals surface area contributed by atoms with Crippen molar-refractivity contribution in [2.24, 2.45) is 5.73 Å². The third-order valence-electron chi connectivity index (χ3n) is 2.90. The van der Waals surface area contributed by atoms with Crippen LogP contribution in [-0.4, -0.2) is 5.91 Å². The van der Waals surface area contributed by atoms with E-state index in [2.05, 4.69) is 5.32 Å². The van der Waals surface area contributed by atoms with Crippen LogP contribution in [0.2, 0.25) is 0 Å². The number of amides is 1. The molecule has 0 heterocycles. The monoisotopic (exact) mass is 288 g/mol. The van der Waals surface area contributed by atoms with Crippen LogP contribution in [0.4, 0.5) is 10.1 Å². The quantitative estimate of drug-likeness (QED) is 0.903. The van der Waals surface area contributed by atoms with Crippen molar-refractivity contribution in [1.29, 1.82) is 0 Å². The molecular weight excluding hydrogens is 271 g/mol. The molecular formula is C16H17FN2O2. The summed E-state index contributed by atoms with van der Waals surface area (Å²) in [6, 6.07) is 11.2. The van der Waals surface area contributed by atoms with Gasteiger partial charge in [0.15, 0.2) is 17.3 Å². The number of carbonyl (C=O) groups excluding carboxylic acids is 1. The summed E-state index contributed by atoms with van der Waals surface area (Å²) in [5.41, 5.74) is 6.89. The number of hydrogen-bond acceptors (Lipinski definition) is 3. The smallest absolute Gasteiger partial charge is 0.221 e. The molecule has 1 amide bonds. The highest BCUT2D eigenvalue weighted by atomic mass is 19.1. The highest BCUT2D eigenvalue weighted by molar-refractivity contribution is 5.90. The van der Waals surface area contributed by atoms with E-state index in [0.29, 0.717) is 17.0 Å². The van der Waals surface area contributed by atoms with E-state index >= 15 is 0 Å². The molecule has 0 radical (unpaired) electrons. The van der Waals surface area contributed by atoms with Gasteiger partial charge in [-0.1, -0.05) is 18.2 Å². The lowest BCUT2D eigenvalue weighted by molar-refractivity contribution is -0.114. The summed E-state index contributed by atoms with van der Waals surface area (Å²) in [4.78, 5) is 11.1. The Morgan fingerprint density at radius 1 is 1.24 bits per heavy atom. The third kappa shape index (κ3) is 3.79. The first-order chi connectivity index (χ1) is 9.97. The van der Waals surface area contributed by atoms with E-state index < -0.39 is 5.82 Å². The number of nitrogens with one attached hydrogen (secondary N) is 1. The maximum absolute atomic E-state index is 14.0. The Morgan fingerprint density at radius 3 is 2.57 bits per heavy atom. The average Bonchev–Trinajstić information content (AvgIpc) is 2.42. The number of hydrogen-bond donors (Lipinski definition) is 2. The molecule has 21 heavy (non-hydrogen) atoms. The molecule has 0 spiro atoms. The molecule has 0 saturated heterocycles. The van der Waals surface area contributed by atoms with E-state index in [0.717, 1.165) is 0 Å². The normalized spacial score (nSPS) is 11.8. The highest BCUT2D eigenvalue weighted by Gasteiger charge is 2.11. The maximum Gasteiger partial charge on any atom is 0.221 e. The molecule has 5 heteroatoms. The van der Waals surface area contributed by atoms with Crippen molar-refractivity contribution < 1.29 is 13.9 Å². The zero-order valence-corrected chi connectivity index (χ0v) is 11.9. The number of halogens is 1. The lowest BCUT2D eigenvalue weighted by Crippen LogP contribution is -2.07. The second kappa shape index (κ2) is 6.37. The van der Waals surface area contributed by atoms with Crippen LogP contribution in [0, 0.1) is 5.82 Å². The van der Waals surface area contributed by atoms with E-state index in [1.165, 1.54) is 19.1 Å². The maximum atomic E-state index is 14.0. The van der Waals surface area contributed by atoms with Gasteiger partial charge in [-0.2, -0.15) is 0 Å². The van der Waals surface area contributed by atoms with Crippen molar-refractivity contribution in [3.8, 4) is 11.5 Å². The van der Waals surface area contributed by atoms with Gasteiger partial charge >= 0.3 is 0 Å². The van der Waals surface area contributed by atoms with Crippen LogP contribution < -0.4 is 15.8 Å². The highest BCUT2D eigenvalue weighted by Crippen LogP contribution is 2.31. The predicted molar refractivity (Wildman–Crippen MR) is 79.8 cm³/mol. The van der Waals surface area contributed by atoms with Crippen molar-refractivity contribution in [3.63, 3.8) is 0 Å². The van der Waals surface area contributed by atoms with Gasteiger partial charge in [-0.15, -0.1) is 0 Å². The average molecular weight is 288 g/mol. The fourth-order valence-corrected chi connectivity index (χ4v) is 1.85. The SMILES string of the molecule is CC(=O)Nc1ccccc1Oc1ccc([C@@H](C)N)cc1F. The summed E-state index contributed by atoms with van der Waals surface area (Å²) in [5, 5.41) is 2.64. The van der Waals surface area contributed by atoms with Crippen LogP contribution in [0.5, 0.6) is 11.5 Å². The minimum absolute atomic E-state index is 0.0807. The van der Waals surface area contributed by atoms with Gasteiger partial charge in [0.25, 0.3) is 0 Å². The molecule has 0 aliphatic rings. The van der Waals surface area contributed by atoms with Crippen LogP contribution in [0.3, 0.4) is 0 Å². The topological polar surface area (TPSA) is 64.3 Å². The Hall–Kier alpha value is -2.40. The fraction of sp³-hybridized carbons (Fsp3) is 0.188. The number of benzene rings is 2. The van der Waals surface area contributed by atoms with Gasteiger partial charge in [0.05, 0.1) is 5.69 Å². The van der Waals surface area contributed by atoms with Gasteiger partial charge in [0, 0.05) is 13.0 Å². The summed E-state index contributed by atoms with van der Waals surface area (Å²) in [6.45, 7) is 3.18. The summed E-state index contributed by atoms with van der Waals surface area (Å²) in [7, 11) is 0. The first-order valence-electron chi connectivity index (χ1n) is 6.57. The van der Waals surface area contributed by atoms with Crippen molar-refractivity contribution in [1.82, 2.24) is 0 Å². The van der Waals surface area contributed by atoms with Crippen molar-refractivity contribution in [3.05, 3.63) is 53.8 Å². The zero-order chi connectivity index (χ0) is 15.4. The number of para-hydroxylation sites is 2. The Morgan fingerprint density at radius 2 is 1.95 bits per heavy atom. The molecule has 0 saturated carbocycles. The number of carbonyl (C=O) groups is 1. The van der Waals surface area contributed by atoms with Crippen LogP contribution in [0.1, 0.15) is 25.5 Å². The first kappa shape index (κ1) is 15.0. The summed E-state index contributed by atoms with van der Waals surface area (Å²) >= 11 is 0. The van der Waals surface area contributed by atoms with Gasteiger partial charge < -0.3 is 15.8 Å². The second-order valence-corrected chi connectivity index (χ2v) is 4.76. The molecule has 0 aliphatic carbocycles. The summed E-state index contributed by atoms with van der Waals surface area (Å²) in [5.74, 6) is -0.265. The lowest BCUT2D eigenvalue weighted by atomic mass is 10.1. The van der Waals surface area contributed by atoms with Crippen LogP contribution in [0.15, 0.2) is 42.5 Å². The Kier molecular flexibility index (Phi) is 4.55. The number of ether oxygens (including phenoxy) is 1. The number of rotatable bonds is 4. The summed E-state index contributed by atoms with van der Waals surface area (Å²) < 4.78 is 19.6. The van der Waals surface area contributed by atoms with Crippen molar-refractivity contribution in [2.75, 3.05) is 5.32 Å². The first-order valence-corrected chi connectivity index (χ1v) is 6.57. The van der Waals surface area contributed by atoms with E-state index in [9.17, 15) is 9.18 Å². The minimum atomic E-state index is -0.498. The fourth-order valence-electron chi connectivity index (χ4n) is 1.85. The van der Waals surface area contributed by atoms with Gasteiger partial charge in [0.2, 0.25) is 5.91 Å². The van der Waals surface area contributed by atoms with E-state index in [4.69, 9.17) is 10.5 Å². The van der Waals surface area contributed by atoms with Crippen LogP contribution >= 0.6 is 0 Å². The molecule has 3 N–H and O–H groups in total. The standard InChI is InChI=1S/C16H17FN2O2/c1-10(18)12-7-8-15(13(17)9-12)21-16-6-4-3-5-14(16)19-11(2)20/h3-10H,18H2,1-2H3,(H,19,20)/t10-/m1/s1. The number of nitrogens with two attached hydrogens (primary N) is 1. The minimum Gasteiger partial charge on any atom is -0.452 e. The van der Waals surface area contributed by atoms with Crippen LogP contribution in [-0.2, 0) is 4.79 Å². The lowest BCUT2D eigenvalue weighted by Gasteiger charge is -2.13. The largest absolute Gasteiger partial charge is 0.452 e. The van der Waals surface area contributed by atoms with Crippen LogP contribution in [0.25, 0.3) is 0 Å². The molecule has 2 aromatic carbocycles. The Labute approximate surface area is 122 Å². The van der Waals surface area contributed by atoms with E-state index in [1.54, 1.807) is 37.3 Å². The van der Waals surface area contributed by atoms with Gasteiger partial charge in [0.1, 0.15) is 0 Å². The van der Waals surface area contributed by atoms with Crippen molar-refractivity contribution >= 4 is 11.6 Å². The molecule has 0 bridgehead atoms. The van der Waals surface area contributed by atoms with Crippen molar-refractivity contribution in [2.45, 2.75) is 19.9 Å². The number of anilines is 1.